The van der Waals surface area contributed by atoms with Gasteiger partial charge >= 0.3 is 0 Å². The molecule has 1 amide bonds. The number of thioether (sulfide) groups is 1. The lowest BCUT2D eigenvalue weighted by Crippen LogP contribution is -2.36. The second kappa shape index (κ2) is 7.74. The number of rotatable bonds is 5. The highest BCUT2D eigenvalue weighted by Crippen LogP contribution is 2.32. The Morgan fingerprint density at radius 1 is 1.23 bits per heavy atom. The fourth-order valence-electron chi connectivity index (χ4n) is 3.14. The monoisotopic (exact) mass is 386 g/mol. The number of para-hydroxylation sites is 1. The number of carbonyl (C=O) groups excluding carboxylic acids is 1. The number of amides is 1. The number of hydrogen-bond acceptors (Lipinski definition) is 4. The van der Waals surface area contributed by atoms with Crippen molar-refractivity contribution in [3.63, 3.8) is 0 Å². The van der Waals surface area contributed by atoms with Crippen molar-refractivity contribution in [1.82, 2.24) is 10.6 Å². The predicted molar refractivity (Wildman–Crippen MR) is 106 cm³/mol. The molecule has 0 spiro atoms. The number of carbonyl (C=O) groups is 1. The topological polar surface area (TPSA) is 54.3 Å². The molecule has 1 saturated heterocycles. The smallest absolute Gasteiger partial charge is 0.287 e. The second-order valence-electron chi connectivity index (χ2n) is 6.31. The fourth-order valence-corrected chi connectivity index (χ4v) is 4.19. The van der Waals surface area contributed by atoms with Gasteiger partial charge in [0.1, 0.15) is 5.58 Å². The van der Waals surface area contributed by atoms with Crippen LogP contribution >= 0.6 is 23.4 Å². The molecular formula is C20H19ClN2O2S. The Kier molecular flexibility index (Phi) is 5.20. The van der Waals surface area contributed by atoms with Crippen molar-refractivity contribution in [2.24, 2.45) is 0 Å². The maximum atomic E-state index is 12.8. The minimum absolute atomic E-state index is 0.137. The highest BCUT2D eigenvalue weighted by atomic mass is 35.5. The highest BCUT2D eigenvalue weighted by molar-refractivity contribution is 7.98. The Morgan fingerprint density at radius 2 is 2.04 bits per heavy atom. The second-order valence-corrected chi connectivity index (χ2v) is 7.80. The van der Waals surface area contributed by atoms with Gasteiger partial charge in [-0.15, -0.1) is 11.8 Å². The zero-order valence-corrected chi connectivity index (χ0v) is 15.7. The summed E-state index contributed by atoms with van der Waals surface area (Å²) in [4.78, 5) is 13.9. The third-order valence-electron chi connectivity index (χ3n) is 4.50. The Balaban J connectivity index is 1.60. The van der Waals surface area contributed by atoms with Crippen LogP contribution in [0.15, 0.2) is 57.8 Å². The van der Waals surface area contributed by atoms with Gasteiger partial charge in [-0.1, -0.05) is 29.8 Å². The summed E-state index contributed by atoms with van der Waals surface area (Å²) in [6, 6.07) is 15.7. The Bertz CT molecular complexity index is 917. The molecule has 4 rings (SSSR count). The molecule has 2 heterocycles. The Labute approximate surface area is 161 Å². The molecule has 6 heteroatoms. The predicted octanol–water partition coefficient (Wildman–Crippen LogP) is 4.47. The summed E-state index contributed by atoms with van der Waals surface area (Å²) < 4.78 is 5.91. The summed E-state index contributed by atoms with van der Waals surface area (Å²) in [7, 11) is 0. The van der Waals surface area contributed by atoms with Gasteiger partial charge in [-0.3, -0.25) is 4.79 Å². The van der Waals surface area contributed by atoms with Crippen LogP contribution in [0.3, 0.4) is 0 Å². The lowest BCUT2D eigenvalue weighted by Gasteiger charge is -2.11. The molecule has 1 aliphatic rings. The van der Waals surface area contributed by atoms with Crippen LogP contribution in [0.25, 0.3) is 11.0 Å². The van der Waals surface area contributed by atoms with Crippen molar-refractivity contribution in [3.05, 3.63) is 64.9 Å². The lowest BCUT2D eigenvalue weighted by atomic mass is 10.1. The van der Waals surface area contributed by atoms with Crippen LogP contribution in [0.4, 0.5) is 0 Å². The summed E-state index contributed by atoms with van der Waals surface area (Å²) >= 11 is 7.62. The standard InChI is InChI=1S/C20H19ClN2O2S/c21-13-5-7-15(8-6-13)26-12-17-16-3-1-2-4-18(16)25-19(17)20(24)23-14-9-10-22-11-14/h1-8,14,22H,9-12H2,(H,23,24). The molecule has 26 heavy (non-hydrogen) atoms. The number of fused-ring (bicyclic) bond motifs is 1. The first-order valence-corrected chi connectivity index (χ1v) is 9.97. The summed E-state index contributed by atoms with van der Waals surface area (Å²) in [5.41, 5.74) is 1.68. The van der Waals surface area contributed by atoms with Crippen LogP contribution in [0.1, 0.15) is 22.5 Å². The van der Waals surface area contributed by atoms with Gasteiger partial charge in [-0.05, 0) is 43.3 Å². The van der Waals surface area contributed by atoms with Crippen LogP contribution in [0.2, 0.25) is 5.02 Å². The number of furan rings is 1. The molecule has 1 aliphatic heterocycles. The van der Waals surface area contributed by atoms with E-state index in [4.69, 9.17) is 16.0 Å². The van der Waals surface area contributed by atoms with E-state index >= 15 is 0 Å². The zero-order valence-electron chi connectivity index (χ0n) is 14.1. The van der Waals surface area contributed by atoms with Gasteiger partial charge in [-0.2, -0.15) is 0 Å². The van der Waals surface area contributed by atoms with Gasteiger partial charge in [0, 0.05) is 39.2 Å². The van der Waals surface area contributed by atoms with E-state index in [0.717, 1.165) is 40.9 Å². The molecule has 4 nitrogen and oxygen atoms in total. The van der Waals surface area contributed by atoms with Crippen LogP contribution in [-0.4, -0.2) is 25.0 Å². The Morgan fingerprint density at radius 3 is 2.81 bits per heavy atom. The van der Waals surface area contributed by atoms with E-state index in [2.05, 4.69) is 10.6 Å². The molecule has 1 aromatic heterocycles. The highest BCUT2D eigenvalue weighted by Gasteiger charge is 2.24. The zero-order chi connectivity index (χ0) is 17.9. The number of benzene rings is 2. The molecular weight excluding hydrogens is 368 g/mol. The van der Waals surface area contributed by atoms with Crippen molar-refractivity contribution < 1.29 is 9.21 Å². The number of hydrogen-bond donors (Lipinski definition) is 2. The van der Waals surface area contributed by atoms with Crippen LogP contribution < -0.4 is 10.6 Å². The van der Waals surface area contributed by atoms with Crippen molar-refractivity contribution >= 4 is 40.2 Å². The molecule has 3 aromatic rings. The molecule has 134 valence electrons. The third-order valence-corrected chi connectivity index (χ3v) is 5.79. The van der Waals surface area contributed by atoms with E-state index < -0.39 is 0 Å². The van der Waals surface area contributed by atoms with Crippen LogP contribution in [0.5, 0.6) is 0 Å². The van der Waals surface area contributed by atoms with Gasteiger partial charge in [0.05, 0.1) is 0 Å². The molecule has 1 fully saturated rings. The molecule has 0 saturated carbocycles. The van der Waals surface area contributed by atoms with E-state index in [0.29, 0.717) is 16.5 Å². The van der Waals surface area contributed by atoms with Gasteiger partial charge in [0.25, 0.3) is 5.91 Å². The van der Waals surface area contributed by atoms with E-state index in [1.165, 1.54) is 0 Å². The summed E-state index contributed by atoms with van der Waals surface area (Å²) in [5.74, 6) is 0.936. The molecule has 0 bridgehead atoms. The SMILES string of the molecule is O=C(NC1CCNC1)c1oc2ccccc2c1CSc1ccc(Cl)cc1. The minimum Gasteiger partial charge on any atom is -0.451 e. The largest absolute Gasteiger partial charge is 0.451 e. The van der Waals surface area contributed by atoms with E-state index in [-0.39, 0.29) is 11.9 Å². The quantitative estimate of drug-likeness (QED) is 0.635. The number of halogens is 1. The van der Waals surface area contributed by atoms with E-state index in [1.807, 2.05) is 48.5 Å². The molecule has 2 aromatic carbocycles. The van der Waals surface area contributed by atoms with Crippen molar-refractivity contribution in [3.8, 4) is 0 Å². The molecule has 0 radical (unpaired) electrons. The number of nitrogens with one attached hydrogen (secondary N) is 2. The molecule has 1 atom stereocenters. The summed E-state index contributed by atoms with van der Waals surface area (Å²) in [6.07, 6.45) is 0.945. The summed E-state index contributed by atoms with van der Waals surface area (Å²) in [5, 5.41) is 8.05. The van der Waals surface area contributed by atoms with E-state index in [1.54, 1.807) is 11.8 Å². The third kappa shape index (κ3) is 3.75. The van der Waals surface area contributed by atoms with Gasteiger partial charge in [-0.25, -0.2) is 0 Å². The van der Waals surface area contributed by atoms with Gasteiger partial charge < -0.3 is 15.1 Å². The normalized spacial score (nSPS) is 16.9. The molecule has 1 unspecified atom stereocenters. The molecule has 0 aliphatic carbocycles. The maximum Gasteiger partial charge on any atom is 0.287 e. The first kappa shape index (κ1) is 17.5. The van der Waals surface area contributed by atoms with Crippen LogP contribution in [-0.2, 0) is 5.75 Å². The average Bonchev–Trinajstić information content (AvgIpc) is 3.29. The average molecular weight is 387 g/mol. The first-order valence-electron chi connectivity index (χ1n) is 8.61. The van der Waals surface area contributed by atoms with Crippen molar-refractivity contribution in [2.45, 2.75) is 23.1 Å². The van der Waals surface area contributed by atoms with Crippen LogP contribution in [0, 0.1) is 0 Å². The summed E-state index contributed by atoms with van der Waals surface area (Å²) in [6.45, 7) is 1.74. The van der Waals surface area contributed by atoms with Crippen molar-refractivity contribution in [2.75, 3.05) is 13.1 Å². The van der Waals surface area contributed by atoms with E-state index in [9.17, 15) is 4.79 Å². The minimum atomic E-state index is -0.137. The molecule has 2 N–H and O–H groups in total. The maximum absolute atomic E-state index is 12.8. The Hall–Kier alpha value is -1.95. The van der Waals surface area contributed by atoms with Crippen molar-refractivity contribution in [1.29, 1.82) is 0 Å². The lowest BCUT2D eigenvalue weighted by molar-refractivity contribution is 0.0913. The first-order chi connectivity index (χ1) is 12.7. The van der Waals surface area contributed by atoms with Gasteiger partial charge in [0.2, 0.25) is 0 Å². The van der Waals surface area contributed by atoms with Gasteiger partial charge in [0.15, 0.2) is 5.76 Å². The fraction of sp³-hybridized carbons (Fsp3) is 0.250.